The second-order valence-corrected chi connectivity index (χ2v) is 7.26. The second-order valence-electron chi connectivity index (χ2n) is 7.26. The lowest BCUT2D eigenvalue weighted by atomic mass is 9.97. The third-order valence-electron chi connectivity index (χ3n) is 5.41. The Morgan fingerprint density at radius 2 is 1.77 bits per heavy atom. The van der Waals surface area contributed by atoms with Gasteiger partial charge in [-0.1, -0.05) is 30.3 Å². The zero-order chi connectivity index (χ0) is 18.1. The molecule has 0 bridgehead atoms. The van der Waals surface area contributed by atoms with Crippen LogP contribution in [-0.4, -0.2) is 29.8 Å². The van der Waals surface area contributed by atoms with Gasteiger partial charge in [0.05, 0.1) is 5.69 Å². The van der Waals surface area contributed by atoms with Crippen molar-refractivity contribution >= 4 is 17.5 Å². The summed E-state index contributed by atoms with van der Waals surface area (Å²) in [5.74, 6) is 0.287. The van der Waals surface area contributed by atoms with Crippen molar-refractivity contribution in [1.82, 2.24) is 4.90 Å². The van der Waals surface area contributed by atoms with Gasteiger partial charge < -0.3 is 9.80 Å². The maximum atomic E-state index is 13.1. The van der Waals surface area contributed by atoms with Crippen LogP contribution in [0.1, 0.15) is 46.3 Å². The van der Waals surface area contributed by atoms with Crippen LogP contribution in [0, 0.1) is 6.92 Å². The summed E-state index contributed by atoms with van der Waals surface area (Å²) in [6, 6.07) is 14.0. The molecule has 1 fully saturated rings. The van der Waals surface area contributed by atoms with Crippen molar-refractivity contribution in [3.8, 4) is 0 Å². The van der Waals surface area contributed by atoms with Gasteiger partial charge in [0.25, 0.3) is 5.91 Å². The highest BCUT2D eigenvalue weighted by molar-refractivity contribution is 6.07. The molecule has 2 heterocycles. The maximum absolute atomic E-state index is 13.1. The number of carbonyl (C=O) groups is 2. The summed E-state index contributed by atoms with van der Waals surface area (Å²) in [7, 11) is 0. The van der Waals surface area contributed by atoms with Crippen LogP contribution >= 0.6 is 0 Å². The number of hydrogen-bond acceptors (Lipinski definition) is 2. The first-order valence-electron chi connectivity index (χ1n) is 9.40. The van der Waals surface area contributed by atoms with Crippen LogP contribution in [0.2, 0.25) is 0 Å². The van der Waals surface area contributed by atoms with E-state index in [2.05, 4.69) is 25.1 Å². The summed E-state index contributed by atoms with van der Waals surface area (Å²) in [5.41, 5.74) is 5.27. The molecule has 2 aliphatic heterocycles. The van der Waals surface area contributed by atoms with Crippen LogP contribution in [0.25, 0.3) is 0 Å². The smallest absolute Gasteiger partial charge is 0.258 e. The van der Waals surface area contributed by atoms with E-state index < -0.39 is 0 Å². The molecule has 2 amide bonds. The number of hydrogen-bond donors (Lipinski definition) is 0. The van der Waals surface area contributed by atoms with Crippen LogP contribution < -0.4 is 4.90 Å². The number of amides is 2. The van der Waals surface area contributed by atoms with E-state index in [1.165, 1.54) is 5.56 Å². The zero-order valence-corrected chi connectivity index (χ0v) is 15.2. The summed E-state index contributed by atoms with van der Waals surface area (Å²) in [6.07, 6.45) is 3.63. The number of benzene rings is 2. The molecule has 0 N–H and O–H groups in total. The number of rotatable bonds is 3. The Bertz CT molecular complexity index is 842. The average Bonchev–Trinajstić information content (AvgIpc) is 3.06. The molecule has 4 rings (SSSR count). The lowest BCUT2D eigenvalue weighted by molar-refractivity contribution is -0.128. The molecular weight excluding hydrogens is 324 g/mol. The van der Waals surface area contributed by atoms with Gasteiger partial charge in [0.15, 0.2) is 0 Å². The third-order valence-corrected chi connectivity index (χ3v) is 5.41. The first-order chi connectivity index (χ1) is 12.6. The van der Waals surface area contributed by atoms with E-state index in [1.807, 2.05) is 34.1 Å². The quantitative estimate of drug-likeness (QED) is 0.848. The molecule has 2 aliphatic rings. The van der Waals surface area contributed by atoms with Gasteiger partial charge in [-0.15, -0.1) is 0 Å². The summed E-state index contributed by atoms with van der Waals surface area (Å²) < 4.78 is 0. The standard InChI is InChI=1S/C22H24N2O2/c1-16-5-2-6-18-7-3-14-24(21(16)18)22(26)19-11-9-17(10-12-19)15-23-13-4-8-20(23)25/h2,5-6,9-12H,3-4,7-8,13-15H2,1H3. The van der Waals surface area contributed by atoms with E-state index in [0.29, 0.717) is 18.5 Å². The Balaban J connectivity index is 1.53. The lowest BCUT2D eigenvalue weighted by Gasteiger charge is -2.31. The molecule has 0 unspecified atom stereocenters. The zero-order valence-electron chi connectivity index (χ0n) is 15.2. The van der Waals surface area contributed by atoms with E-state index in [0.717, 1.165) is 49.2 Å². The minimum absolute atomic E-state index is 0.0593. The van der Waals surface area contributed by atoms with Crippen LogP contribution in [0.5, 0.6) is 0 Å². The summed E-state index contributed by atoms with van der Waals surface area (Å²) >= 11 is 0. The van der Waals surface area contributed by atoms with Crippen LogP contribution in [-0.2, 0) is 17.8 Å². The lowest BCUT2D eigenvalue weighted by Crippen LogP contribution is -2.36. The van der Waals surface area contributed by atoms with Crippen LogP contribution in [0.3, 0.4) is 0 Å². The fourth-order valence-electron chi connectivity index (χ4n) is 4.05. The van der Waals surface area contributed by atoms with E-state index in [-0.39, 0.29) is 11.8 Å². The Morgan fingerprint density at radius 1 is 1.00 bits per heavy atom. The van der Waals surface area contributed by atoms with Gasteiger partial charge in [-0.05, 0) is 55.0 Å². The van der Waals surface area contributed by atoms with Gasteiger partial charge >= 0.3 is 0 Å². The molecule has 0 aliphatic carbocycles. The molecule has 0 radical (unpaired) electrons. The number of fused-ring (bicyclic) bond motifs is 1. The highest BCUT2D eigenvalue weighted by atomic mass is 16.2. The summed E-state index contributed by atoms with van der Waals surface area (Å²) in [4.78, 5) is 28.7. The van der Waals surface area contributed by atoms with Crippen molar-refractivity contribution in [1.29, 1.82) is 0 Å². The number of anilines is 1. The molecule has 4 heteroatoms. The first kappa shape index (κ1) is 16.8. The van der Waals surface area contributed by atoms with Crippen molar-refractivity contribution in [3.63, 3.8) is 0 Å². The second kappa shape index (κ2) is 6.94. The predicted octanol–water partition coefficient (Wildman–Crippen LogP) is 3.71. The average molecular weight is 348 g/mol. The van der Waals surface area contributed by atoms with Gasteiger partial charge in [0, 0.05) is 31.6 Å². The fraction of sp³-hybridized carbons (Fsp3) is 0.364. The third kappa shape index (κ3) is 3.12. The molecular formula is C22H24N2O2. The van der Waals surface area contributed by atoms with Crippen molar-refractivity contribution in [3.05, 3.63) is 64.7 Å². The normalized spacial score (nSPS) is 16.7. The molecule has 2 aromatic carbocycles. The van der Waals surface area contributed by atoms with Crippen molar-refractivity contribution in [2.24, 2.45) is 0 Å². The number of para-hydroxylation sites is 1. The van der Waals surface area contributed by atoms with Gasteiger partial charge in [-0.25, -0.2) is 0 Å². The molecule has 4 nitrogen and oxygen atoms in total. The predicted molar refractivity (Wildman–Crippen MR) is 102 cm³/mol. The number of carbonyl (C=O) groups excluding carboxylic acids is 2. The summed E-state index contributed by atoms with van der Waals surface area (Å²) in [5, 5.41) is 0. The molecule has 26 heavy (non-hydrogen) atoms. The number of nitrogens with zero attached hydrogens (tertiary/aromatic N) is 2. The first-order valence-corrected chi connectivity index (χ1v) is 9.40. The minimum atomic E-state index is 0.0593. The SMILES string of the molecule is Cc1cccc2c1N(C(=O)c1ccc(CN3CCCC3=O)cc1)CCC2. The molecule has 0 atom stereocenters. The van der Waals surface area contributed by atoms with E-state index in [4.69, 9.17) is 0 Å². The van der Waals surface area contributed by atoms with Crippen molar-refractivity contribution < 1.29 is 9.59 Å². The Kier molecular flexibility index (Phi) is 4.49. The van der Waals surface area contributed by atoms with E-state index in [9.17, 15) is 9.59 Å². The highest BCUT2D eigenvalue weighted by Gasteiger charge is 2.25. The maximum Gasteiger partial charge on any atom is 0.258 e. The van der Waals surface area contributed by atoms with E-state index >= 15 is 0 Å². The van der Waals surface area contributed by atoms with Crippen molar-refractivity contribution in [2.45, 2.75) is 39.2 Å². The topological polar surface area (TPSA) is 40.6 Å². The number of aryl methyl sites for hydroxylation is 2. The van der Waals surface area contributed by atoms with Crippen LogP contribution in [0.15, 0.2) is 42.5 Å². The van der Waals surface area contributed by atoms with Gasteiger partial charge in [-0.2, -0.15) is 0 Å². The Hall–Kier alpha value is -2.62. The van der Waals surface area contributed by atoms with E-state index in [1.54, 1.807) is 0 Å². The van der Waals surface area contributed by atoms with Gasteiger partial charge in [-0.3, -0.25) is 9.59 Å². The molecule has 0 spiro atoms. The Labute approximate surface area is 154 Å². The molecule has 1 saturated heterocycles. The van der Waals surface area contributed by atoms with Gasteiger partial charge in [0.1, 0.15) is 0 Å². The fourth-order valence-corrected chi connectivity index (χ4v) is 4.05. The minimum Gasteiger partial charge on any atom is -0.338 e. The van der Waals surface area contributed by atoms with Crippen LogP contribution in [0.4, 0.5) is 5.69 Å². The monoisotopic (exact) mass is 348 g/mol. The number of likely N-dealkylation sites (tertiary alicyclic amines) is 1. The molecule has 134 valence electrons. The molecule has 0 aromatic heterocycles. The van der Waals surface area contributed by atoms with Gasteiger partial charge in [0.2, 0.25) is 5.91 Å². The van der Waals surface area contributed by atoms with Crippen molar-refractivity contribution in [2.75, 3.05) is 18.0 Å². The highest BCUT2D eigenvalue weighted by Crippen LogP contribution is 2.31. The molecule has 0 saturated carbocycles. The molecule has 2 aromatic rings. The summed E-state index contributed by atoms with van der Waals surface area (Å²) in [6.45, 7) is 4.31. The largest absolute Gasteiger partial charge is 0.338 e. The Morgan fingerprint density at radius 3 is 2.50 bits per heavy atom.